The Labute approximate surface area is 392 Å². The fourth-order valence-electron chi connectivity index (χ4n) is 7.08. The number of amides is 2. The average Bonchev–Trinajstić information content (AvgIpc) is 3.73. The van der Waals surface area contributed by atoms with E-state index in [1.54, 1.807) is 64.5 Å². The Balaban J connectivity index is 0. The molecule has 1 fully saturated rings. The number of nitrogens with zero attached hydrogens (tertiary/aromatic N) is 3. The lowest BCUT2D eigenvalue weighted by molar-refractivity contribution is -0.136. The molecule has 2 aromatic carbocycles. The van der Waals surface area contributed by atoms with Gasteiger partial charge in [0.15, 0.2) is 0 Å². The van der Waals surface area contributed by atoms with Crippen LogP contribution in [0.4, 0.5) is 10.5 Å². The summed E-state index contributed by atoms with van der Waals surface area (Å²) in [4.78, 5) is 61.4. The Kier molecular flexibility index (Phi) is 35.7. The standard InChI is InChI=1S/C14H20N2O3.C13H26N2O3.C10H19NO2.C10H15NO.C3H8/c1-10(2)13(8-17)16(3)14(18)19-9-11-4-6-12(15)7-5-11;1-6-10(2)13(11(18-5)7-8-16)15(4)12(17)9-14-3;1-8(7-12)10(13-3)9-5-4-6-11(9)2;1-8(11-2)10(12)9-6-4-3-5-7-9;1-3-2/h4-8,10,13H,9,15H2,1-3H3;8,10-11,13-14H,6-7,9H2,1-5H3;7-10H,4-6H2,1-3H3;3-8,10-12H,1-2H3;3H2,1-2H3/t;10-,11+,13-;8-,9-,10+;8-,10-;/m.110./s1. The van der Waals surface area contributed by atoms with Crippen LogP contribution in [-0.2, 0) is 40.0 Å². The zero-order valence-electron chi connectivity index (χ0n) is 42.5. The van der Waals surface area contributed by atoms with E-state index in [2.05, 4.69) is 50.3 Å². The topological polar surface area (TPSA) is 193 Å². The zero-order chi connectivity index (χ0) is 50.1. The molecule has 9 atom stereocenters. The second-order valence-corrected chi connectivity index (χ2v) is 16.9. The Morgan fingerprint density at radius 1 is 0.908 bits per heavy atom. The van der Waals surface area contributed by atoms with Crippen molar-refractivity contribution in [3.63, 3.8) is 0 Å². The van der Waals surface area contributed by atoms with Crippen molar-refractivity contribution in [1.29, 1.82) is 0 Å². The minimum absolute atomic E-state index is 0.00412. The second kappa shape index (κ2) is 36.9. The van der Waals surface area contributed by atoms with Crippen molar-refractivity contribution < 1.29 is 43.3 Å². The molecule has 3 rings (SSSR count). The third-order valence-electron chi connectivity index (χ3n) is 11.3. The molecule has 1 heterocycles. The van der Waals surface area contributed by atoms with Crippen LogP contribution in [0, 0.1) is 17.8 Å². The summed E-state index contributed by atoms with van der Waals surface area (Å²) in [5.74, 6) is 0.332. The number of rotatable bonds is 21. The fraction of sp³-hybridized carbons (Fsp3) is 0.660. The summed E-state index contributed by atoms with van der Waals surface area (Å²) in [5.41, 5.74) is 8.04. The van der Waals surface area contributed by atoms with Gasteiger partial charge < -0.3 is 64.8 Å². The van der Waals surface area contributed by atoms with Crippen molar-refractivity contribution in [3.8, 4) is 0 Å². The number of aliphatic hydroxyl groups is 1. The van der Waals surface area contributed by atoms with Crippen molar-refractivity contribution in [3.05, 3.63) is 65.7 Å². The number of hydrogen-bond acceptors (Lipinski definition) is 13. The predicted molar refractivity (Wildman–Crippen MR) is 262 cm³/mol. The number of anilines is 1. The number of aldehydes is 3. The van der Waals surface area contributed by atoms with Gasteiger partial charge in [0, 0.05) is 58.4 Å². The molecule has 2 amide bonds. The second-order valence-electron chi connectivity index (χ2n) is 16.9. The van der Waals surface area contributed by atoms with Gasteiger partial charge in [-0.25, -0.2) is 4.79 Å². The summed E-state index contributed by atoms with van der Waals surface area (Å²) >= 11 is 0. The minimum Gasteiger partial charge on any atom is -0.445 e. The van der Waals surface area contributed by atoms with Crippen LogP contribution in [0.3, 0.4) is 0 Å². The average molecular weight is 917 g/mol. The van der Waals surface area contributed by atoms with Crippen LogP contribution in [-0.4, -0.2) is 150 Å². The summed E-state index contributed by atoms with van der Waals surface area (Å²) in [6.45, 7) is 17.6. The summed E-state index contributed by atoms with van der Waals surface area (Å²) in [6.07, 6.45) is 6.32. The van der Waals surface area contributed by atoms with Crippen LogP contribution >= 0.6 is 0 Å². The minimum atomic E-state index is -0.511. The van der Waals surface area contributed by atoms with Crippen molar-refractivity contribution >= 4 is 36.5 Å². The van der Waals surface area contributed by atoms with Gasteiger partial charge in [-0.2, -0.15) is 0 Å². The molecule has 0 radical (unpaired) electrons. The first kappa shape index (κ1) is 62.8. The smallest absolute Gasteiger partial charge is 0.410 e. The summed E-state index contributed by atoms with van der Waals surface area (Å²) in [6, 6.07) is 16.7. The first-order valence-electron chi connectivity index (χ1n) is 23.0. The largest absolute Gasteiger partial charge is 0.445 e. The van der Waals surface area contributed by atoms with Gasteiger partial charge in [-0.3, -0.25) is 4.79 Å². The number of benzene rings is 2. The van der Waals surface area contributed by atoms with Crippen molar-refractivity contribution in [2.24, 2.45) is 17.8 Å². The van der Waals surface area contributed by atoms with Crippen LogP contribution < -0.4 is 16.4 Å². The van der Waals surface area contributed by atoms with E-state index >= 15 is 0 Å². The zero-order valence-corrected chi connectivity index (χ0v) is 42.5. The number of nitrogen functional groups attached to an aromatic ring is 1. The van der Waals surface area contributed by atoms with Gasteiger partial charge in [-0.15, -0.1) is 0 Å². The van der Waals surface area contributed by atoms with E-state index in [9.17, 15) is 29.1 Å². The molecule has 5 N–H and O–H groups in total. The normalized spacial score (nSPS) is 16.8. The number of methoxy groups -OCH3 is 2. The van der Waals surface area contributed by atoms with Crippen molar-refractivity contribution in [2.75, 3.05) is 68.3 Å². The number of likely N-dealkylation sites (tertiary alicyclic amines) is 1. The Morgan fingerprint density at radius 2 is 1.49 bits per heavy atom. The molecule has 0 spiro atoms. The monoisotopic (exact) mass is 917 g/mol. The van der Waals surface area contributed by atoms with E-state index in [1.165, 1.54) is 17.7 Å². The van der Waals surface area contributed by atoms with Gasteiger partial charge in [0.2, 0.25) is 5.91 Å². The number of nitrogens with one attached hydrogen (secondary N) is 2. The van der Waals surface area contributed by atoms with Crippen LogP contribution in [0.2, 0.25) is 0 Å². The number of nitrogens with two attached hydrogens (primary N) is 1. The van der Waals surface area contributed by atoms with E-state index < -0.39 is 18.2 Å². The fourth-order valence-corrected chi connectivity index (χ4v) is 7.08. The first-order chi connectivity index (χ1) is 30.8. The maximum Gasteiger partial charge on any atom is 0.410 e. The van der Waals surface area contributed by atoms with Gasteiger partial charge in [-0.1, -0.05) is 104 Å². The van der Waals surface area contributed by atoms with Crippen molar-refractivity contribution in [2.45, 2.75) is 137 Å². The van der Waals surface area contributed by atoms with Gasteiger partial charge >= 0.3 is 6.09 Å². The molecule has 0 aromatic heterocycles. The Hall–Kier alpha value is -4.25. The number of aliphatic hydroxyl groups excluding tert-OH is 1. The molecule has 0 aliphatic carbocycles. The number of carbonyl (C=O) groups excluding carboxylic acids is 5. The molecule has 372 valence electrons. The Bertz CT molecular complexity index is 1540. The van der Waals surface area contributed by atoms with Crippen LogP contribution in [0.15, 0.2) is 54.6 Å². The van der Waals surface area contributed by atoms with E-state index in [-0.39, 0.29) is 54.6 Å². The molecule has 15 nitrogen and oxygen atoms in total. The van der Waals surface area contributed by atoms with E-state index in [1.807, 2.05) is 65.1 Å². The molecule has 0 saturated carbocycles. The predicted octanol–water partition coefficient (Wildman–Crippen LogP) is 6.42. The van der Waals surface area contributed by atoms with Crippen LogP contribution in [0.25, 0.3) is 0 Å². The molecule has 1 aliphatic heterocycles. The highest BCUT2D eigenvalue weighted by molar-refractivity contribution is 5.78. The lowest BCUT2D eigenvalue weighted by atomic mass is 9.91. The lowest BCUT2D eigenvalue weighted by Crippen LogP contribution is -2.51. The molecule has 0 bridgehead atoms. The third kappa shape index (κ3) is 24.2. The number of carbonyl (C=O) groups is 5. The van der Waals surface area contributed by atoms with Gasteiger partial charge in [0.1, 0.15) is 25.5 Å². The number of likely N-dealkylation sites (N-methyl/N-ethyl adjacent to an activating group) is 5. The van der Waals surface area contributed by atoms with Gasteiger partial charge in [0.05, 0.1) is 36.9 Å². The molecule has 15 heteroatoms. The molecule has 1 saturated heterocycles. The maximum atomic E-state index is 11.9. The number of hydrogen-bond donors (Lipinski definition) is 4. The number of ether oxygens (including phenoxy) is 3. The highest BCUT2D eigenvalue weighted by Gasteiger charge is 2.33. The van der Waals surface area contributed by atoms with Crippen LogP contribution in [0.1, 0.15) is 105 Å². The highest BCUT2D eigenvalue weighted by atomic mass is 16.6. The molecular weight excluding hydrogens is 829 g/mol. The van der Waals surface area contributed by atoms with Crippen LogP contribution in [0.5, 0.6) is 0 Å². The quantitative estimate of drug-likeness (QED) is 0.0793. The first-order valence-corrected chi connectivity index (χ1v) is 23.0. The SMILES string of the molecule is CC(C)C(C=O)N(C)C(=O)OCc1ccc(N)cc1.CCC.CC[C@@H](C)[C@H]([C@H](CC=O)OC)N(C)C(=O)CNC.CN[C@@H](C)[C@H](O)c1ccccc1.CO[C@@H]([C@H](C)C=O)[C@H]1CCCN1C. The summed E-state index contributed by atoms with van der Waals surface area (Å²) < 4.78 is 15.9. The molecule has 1 unspecified atom stereocenters. The maximum absolute atomic E-state index is 11.9. The van der Waals surface area contributed by atoms with Gasteiger partial charge in [0.25, 0.3) is 0 Å². The summed E-state index contributed by atoms with van der Waals surface area (Å²) in [7, 11) is 12.3. The third-order valence-corrected chi connectivity index (χ3v) is 11.3. The summed E-state index contributed by atoms with van der Waals surface area (Å²) in [5, 5.41) is 15.6. The Morgan fingerprint density at radius 3 is 1.91 bits per heavy atom. The highest BCUT2D eigenvalue weighted by Crippen LogP contribution is 2.24. The van der Waals surface area contributed by atoms with Gasteiger partial charge in [-0.05, 0) is 82.5 Å². The molecule has 2 aromatic rings. The van der Waals surface area contributed by atoms with E-state index in [4.69, 9.17) is 19.9 Å². The van der Waals surface area contributed by atoms with E-state index in [0.717, 1.165) is 49.4 Å². The lowest BCUT2D eigenvalue weighted by Gasteiger charge is -2.37. The molecule has 65 heavy (non-hydrogen) atoms. The van der Waals surface area contributed by atoms with E-state index in [0.29, 0.717) is 24.7 Å². The van der Waals surface area contributed by atoms with Crippen molar-refractivity contribution in [1.82, 2.24) is 25.3 Å². The molecule has 1 aliphatic rings. The molecular formula is C50H88N6O9.